The number of allylic oxidation sites excluding steroid dienone is 5. The van der Waals surface area contributed by atoms with Crippen LogP contribution in [0.1, 0.15) is 18.1 Å². The van der Waals surface area contributed by atoms with Crippen molar-refractivity contribution in [2.75, 3.05) is 0 Å². The van der Waals surface area contributed by atoms with Crippen LogP contribution in [0, 0.1) is 12.3 Å². The van der Waals surface area contributed by atoms with Gasteiger partial charge in [0.05, 0.1) is 16.6 Å². The van der Waals surface area contributed by atoms with E-state index in [-0.39, 0.29) is 5.84 Å². The highest BCUT2D eigenvalue weighted by molar-refractivity contribution is 7.25. The first-order chi connectivity index (χ1) is 28.3. The van der Waals surface area contributed by atoms with E-state index in [1.807, 2.05) is 54.7 Å². The van der Waals surface area contributed by atoms with Crippen molar-refractivity contribution < 1.29 is 0 Å². The summed E-state index contributed by atoms with van der Waals surface area (Å²) in [5.41, 5.74) is 14.7. The second-order valence-electron chi connectivity index (χ2n) is 13.6. The molecule has 3 aromatic heterocycles. The maximum absolute atomic E-state index is 7.90. The summed E-state index contributed by atoms with van der Waals surface area (Å²) in [6, 6.07) is 49.4. The van der Waals surface area contributed by atoms with Crippen LogP contribution >= 0.6 is 11.3 Å². The molecular formula is C52H45N5S. The lowest BCUT2D eigenvalue weighted by atomic mass is 10.1. The molecular weight excluding hydrogens is 727 g/mol. The lowest BCUT2D eigenvalue weighted by molar-refractivity contribution is 1.13. The minimum absolute atomic E-state index is 0.120. The Morgan fingerprint density at radius 1 is 0.655 bits per heavy atom. The number of para-hydroxylation sites is 1. The fraction of sp³-hybridized carbons (Fsp3) is 0.0385. The van der Waals surface area contributed by atoms with Gasteiger partial charge in [0.25, 0.3) is 0 Å². The second-order valence-corrected chi connectivity index (χ2v) is 14.7. The first-order valence-electron chi connectivity index (χ1n) is 19.1. The monoisotopic (exact) mass is 771 g/mol. The van der Waals surface area contributed by atoms with Crippen LogP contribution in [0.2, 0.25) is 0 Å². The van der Waals surface area contributed by atoms with E-state index in [1.165, 1.54) is 69.8 Å². The Morgan fingerprint density at radius 2 is 1.31 bits per heavy atom. The number of amidine groups is 2. The number of rotatable bonds is 7. The van der Waals surface area contributed by atoms with E-state index in [9.17, 15) is 0 Å². The summed E-state index contributed by atoms with van der Waals surface area (Å²) in [5.74, 6) is 0.453. The normalized spacial score (nSPS) is 11.8. The standard InChI is InChI=1S/C33H22N2S.C15H17N3.C4H6/c1-21-11-13-24(14-12-21)35-30-17-22-15-16-34(23-7-3-2-4-8-23)29(22)19-27(30)26-18-28-25-9-5-6-10-32(25)36-33(28)20-31(26)35;1-3-8-12(9-4-2)14(16)18-15(17)13-10-6-5-7-11-13;1-3-4-2/h2-20H,1H3;3-11H,1H2,2H3,(H3,16,17,18);3-4H,1-2H2/b;9-4-,12-8+;. The van der Waals surface area contributed by atoms with Gasteiger partial charge in [-0.05, 0) is 74.5 Å². The van der Waals surface area contributed by atoms with Crippen LogP contribution in [-0.4, -0.2) is 20.8 Å². The summed E-state index contributed by atoms with van der Waals surface area (Å²) in [6.07, 6.45) is 12.5. The molecule has 0 fully saturated rings. The predicted octanol–water partition coefficient (Wildman–Crippen LogP) is 13.8. The van der Waals surface area contributed by atoms with Crippen molar-refractivity contribution in [1.82, 2.24) is 9.13 Å². The average molecular weight is 772 g/mol. The molecule has 5 nitrogen and oxygen atoms in total. The van der Waals surface area contributed by atoms with Gasteiger partial charge >= 0.3 is 0 Å². The molecule has 3 N–H and O–H groups in total. The van der Waals surface area contributed by atoms with Crippen molar-refractivity contribution in [3.8, 4) is 11.4 Å². The van der Waals surface area contributed by atoms with Crippen molar-refractivity contribution in [1.29, 1.82) is 5.41 Å². The molecule has 0 saturated carbocycles. The van der Waals surface area contributed by atoms with E-state index in [2.05, 4.69) is 156 Å². The molecule has 0 radical (unpaired) electrons. The molecule has 3 heterocycles. The first kappa shape index (κ1) is 39.0. The largest absolute Gasteiger partial charge is 0.383 e. The third-order valence-corrected chi connectivity index (χ3v) is 10.9. The van der Waals surface area contributed by atoms with Gasteiger partial charge in [0.15, 0.2) is 5.84 Å². The van der Waals surface area contributed by atoms with Crippen molar-refractivity contribution in [3.05, 3.63) is 219 Å². The summed E-state index contributed by atoms with van der Waals surface area (Å²) in [5, 5.41) is 14.4. The minimum Gasteiger partial charge on any atom is -0.383 e. The van der Waals surface area contributed by atoms with Crippen molar-refractivity contribution in [2.24, 2.45) is 10.7 Å². The van der Waals surface area contributed by atoms with Gasteiger partial charge in [-0.15, -0.1) is 11.3 Å². The molecule has 0 bridgehead atoms. The maximum atomic E-state index is 7.90. The maximum Gasteiger partial charge on any atom is 0.154 e. The Balaban J connectivity index is 0.000000197. The van der Waals surface area contributed by atoms with E-state index >= 15 is 0 Å². The minimum atomic E-state index is 0.120. The Hall–Kier alpha value is -7.28. The number of benzene rings is 6. The first-order valence-corrected chi connectivity index (χ1v) is 19.9. The van der Waals surface area contributed by atoms with E-state index in [0.29, 0.717) is 11.4 Å². The van der Waals surface area contributed by atoms with Crippen molar-refractivity contribution >= 4 is 75.9 Å². The Labute approximate surface area is 343 Å². The Morgan fingerprint density at radius 3 is 2.00 bits per heavy atom. The number of thiophene rings is 1. The average Bonchev–Trinajstić information content (AvgIpc) is 3.94. The number of aliphatic imine (C=N–C) groups is 1. The van der Waals surface area contributed by atoms with Crippen LogP contribution in [0.15, 0.2) is 212 Å². The van der Waals surface area contributed by atoms with Gasteiger partial charge in [0.2, 0.25) is 0 Å². The summed E-state index contributed by atoms with van der Waals surface area (Å²) >= 11 is 1.88. The predicted molar refractivity (Wildman–Crippen MR) is 254 cm³/mol. The van der Waals surface area contributed by atoms with Crippen molar-refractivity contribution in [2.45, 2.75) is 13.8 Å². The zero-order valence-electron chi connectivity index (χ0n) is 32.8. The van der Waals surface area contributed by atoms with E-state index in [1.54, 1.807) is 30.4 Å². The zero-order chi connectivity index (χ0) is 40.6. The highest BCUT2D eigenvalue weighted by Crippen LogP contribution is 2.42. The van der Waals surface area contributed by atoms with Gasteiger partial charge in [-0.25, -0.2) is 4.99 Å². The van der Waals surface area contributed by atoms with Crippen LogP contribution in [0.5, 0.6) is 0 Å². The lowest BCUT2D eigenvalue weighted by Gasteiger charge is -2.09. The van der Waals surface area contributed by atoms with Gasteiger partial charge in [0, 0.05) is 65.0 Å². The quantitative estimate of drug-likeness (QED) is 0.0945. The van der Waals surface area contributed by atoms with Gasteiger partial charge in [-0.3, -0.25) is 5.41 Å². The highest BCUT2D eigenvalue weighted by Gasteiger charge is 2.17. The van der Waals surface area contributed by atoms with E-state index in [0.717, 1.165) is 5.56 Å². The molecule has 6 heteroatoms. The number of hydrogen-bond donors (Lipinski definition) is 2. The number of aryl methyl sites for hydroxylation is 1. The molecule has 9 rings (SSSR count). The topological polar surface area (TPSA) is 72.1 Å². The fourth-order valence-electron chi connectivity index (χ4n) is 7.03. The fourth-order valence-corrected chi connectivity index (χ4v) is 8.15. The summed E-state index contributed by atoms with van der Waals surface area (Å²) in [7, 11) is 0. The molecule has 0 unspecified atom stereocenters. The number of nitrogens with two attached hydrogens (primary N) is 1. The van der Waals surface area contributed by atoms with Gasteiger partial charge in [-0.2, -0.15) is 0 Å². The molecule has 0 saturated heterocycles. The molecule has 0 atom stereocenters. The van der Waals surface area contributed by atoms with Gasteiger partial charge < -0.3 is 14.9 Å². The molecule has 9 aromatic rings. The third-order valence-electron chi connectivity index (χ3n) is 9.79. The van der Waals surface area contributed by atoms with Gasteiger partial charge in [-0.1, -0.05) is 141 Å². The molecule has 0 aliphatic rings. The molecule has 0 aliphatic carbocycles. The third kappa shape index (κ3) is 8.01. The summed E-state index contributed by atoms with van der Waals surface area (Å²) < 4.78 is 7.40. The number of nitrogens with one attached hydrogen (secondary N) is 1. The smallest absolute Gasteiger partial charge is 0.154 e. The van der Waals surface area contributed by atoms with Gasteiger partial charge in [0.1, 0.15) is 5.84 Å². The summed E-state index contributed by atoms with van der Waals surface area (Å²) in [4.78, 5) is 4.10. The van der Waals surface area contributed by atoms with Crippen LogP contribution in [0.25, 0.3) is 64.3 Å². The lowest BCUT2D eigenvalue weighted by Crippen LogP contribution is -2.15. The molecule has 6 aromatic carbocycles. The summed E-state index contributed by atoms with van der Waals surface area (Å²) in [6.45, 7) is 14.4. The highest BCUT2D eigenvalue weighted by atomic mass is 32.1. The van der Waals surface area contributed by atoms with E-state index in [4.69, 9.17) is 11.1 Å². The van der Waals surface area contributed by atoms with Crippen molar-refractivity contribution in [3.63, 3.8) is 0 Å². The molecule has 0 aliphatic heterocycles. The second kappa shape index (κ2) is 17.7. The van der Waals surface area contributed by atoms with Crippen LogP contribution in [-0.2, 0) is 0 Å². The number of hydrogen-bond acceptors (Lipinski definition) is 2. The van der Waals surface area contributed by atoms with Crippen LogP contribution in [0.4, 0.5) is 0 Å². The molecule has 0 amide bonds. The SMILES string of the molecule is C=C/C=C(\C=C/C)C(=N)N=C(N)c1ccccc1.C=CC=C.Cc1ccc(-n2c3cc4ccn(-c5ccccc5)c4cc3c3cc4c(cc32)sc2ccccc24)cc1. The van der Waals surface area contributed by atoms with Crippen LogP contribution < -0.4 is 5.73 Å². The molecule has 0 spiro atoms. The number of fused-ring (bicyclic) bond motifs is 7. The molecule has 284 valence electrons. The zero-order valence-corrected chi connectivity index (χ0v) is 33.6. The Bertz CT molecular complexity index is 3020. The van der Waals surface area contributed by atoms with Crippen LogP contribution in [0.3, 0.4) is 0 Å². The molecule has 58 heavy (non-hydrogen) atoms. The van der Waals surface area contributed by atoms with E-state index < -0.39 is 0 Å². The number of aromatic nitrogens is 2. The number of nitrogens with zero attached hydrogens (tertiary/aromatic N) is 3. The Kier molecular flexibility index (Phi) is 11.9.